The molecule has 1 aliphatic heterocycles. The topological polar surface area (TPSA) is 79.7 Å². The summed E-state index contributed by atoms with van der Waals surface area (Å²) in [6, 6.07) is 12.7. The van der Waals surface area contributed by atoms with Gasteiger partial charge < -0.3 is 9.84 Å². The average molecular weight is 427 g/mol. The summed E-state index contributed by atoms with van der Waals surface area (Å²) < 4.78 is 5.31. The summed E-state index contributed by atoms with van der Waals surface area (Å²) in [5.41, 5.74) is 0.920. The second-order valence-electron chi connectivity index (χ2n) is 6.24. The van der Waals surface area contributed by atoms with Gasteiger partial charge in [0.25, 0.3) is 5.78 Å². The van der Waals surface area contributed by atoms with Crippen LogP contribution in [0.4, 0.5) is 5.13 Å². The number of ketones is 1. The zero-order chi connectivity index (χ0) is 20.5. The number of methoxy groups -OCH3 is 1. The number of carbonyl (C=O) groups excluding carboxylic acids is 2. The normalized spacial score (nSPS) is 18.3. The lowest BCUT2D eigenvalue weighted by molar-refractivity contribution is -0.132. The Morgan fingerprint density at radius 2 is 1.90 bits per heavy atom. The first-order chi connectivity index (χ1) is 14.0. The third-order valence-corrected chi connectivity index (χ3v) is 5.64. The van der Waals surface area contributed by atoms with Gasteiger partial charge in [-0.1, -0.05) is 35.9 Å². The Hall–Kier alpha value is -3.16. The van der Waals surface area contributed by atoms with Crippen molar-refractivity contribution < 1.29 is 19.4 Å². The molecule has 1 saturated heterocycles. The van der Waals surface area contributed by atoms with Gasteiger partial charge in [0.2, 0.25) is 0 Å². The second kappa shape index (κ2) is 7.69. The van der Waals surface area contributed by atoms with Crippen LogP contribution in [0.2, 0.25) is 5.02 Å². The maximum Gasteiger partial charge on any atom is 0.301 e. The lowest BCUT2D eigenvalue weighted by atomic mass is 9.95. The fourth-order valence-electron chi connectivity index (χ4n) is 3.31. The van der Waals surface area contributed by atoms with Crippen molar-refractivity contribution in [2.45, 2.75) is 6.04 Å². The van der Waals surface area contributed by atoms with E-state index in [1.54, 1.807) is 60.1 Å². The number of carbonyl (C=O) groups is 2. The first kappa shape index (κ1) is 19.2. The fraction of sp³-hybridized carbons (Fsp3) is 0.0952. The number of rotatable bonds is 4. The van der Waals surface area contributed by atoms with E-state index >= 15 is 0 Å². The van der Waals surface area contributed by atoms with Gasteiger partial charge in [0.05, 0.1) is 24.3 Å². The van der Waals surface area contributed by atoms with Crippen molar-refractivity contribution in [3.63, 3.8) is 0 Å². The van der Waals surface area contributed by atoms with Crippen LogP contribution in [0.25, 0.3) is 5.76 Å². The number of aliphatic hydroxyl groups excluding tert-OH is 1. The molecule has 1 aromatic heterocycles. The van der Waals surface area contributed by atoms with Crippen LogP contribution in [0.1, 0.15) is 17.2 Å². The molecular formula is C21H15ClN2O4S. The number of ether oxygens (including phenoxy) is 1. The van der Waals surface area contributed by atoms with Crippen LogP contribution in [-0.4, -0.2) is 28.9 Å². The fourth-order valence-corrected chi connectivity index (χ4v) is 4.10. The Bertz CT molecular complexity index is 1110. The average Bonchev–Trinajstić information content (AvgIpc) is 3.35. The molecular weight excluding hydrogens is 412 g/mol. The molecule has 1 N–H and O–H groups in total. The number of anilines is 1. The van der Waals surface area contributed by atoms with Crippen LogP contribution >= 0.6 is 22.9 Å². The maximum atomic E-state index is 13.0. The summed E-state index contributed by atoms with van der Waals surface area (Å²) in [5.74, 6) is -1.46. The molecule has 29 heavy (non-hydrogen) atoms. The number of para-hydroxylation sites is 1. The minimum absolute atomic E-state index is 0.0305. The Morgan fingerprint density at radius 3 is 2.55 bits per heavy atom. The molecule has 0 radical (unpaired) electrons. The molecule has 1 amide bonds. The predicted octanol–water partition coefficient (Wildman–Crippen LogP) is 4.43. The predicted molar refractivity (Wildman–Crippen MR) is 111 cm³/mol. The van der Waals surface area contributed by atoms with Gasteiger partial charge in [-0.3, -0.25) is 14.5 Å². The summed E-state index contributed by atoms with van der Waals surface area (Å²) in [6.45, 7) is 0. The number of nitrogens with zero attached hydrogens (tertiary/aromatic N) is 2. The maximum absolute atomic E-state index is 13.0. The van der Waals surface area contributed by atoms with E-state index in [9.17, 15) is 14.7 Å². The smallest absolute Gasteiger partial charge is 0.301 e. The molecule has 0 unspecified atom stereocenters. The Balaban J connectivity index is 1.96. The molecule has 1 aliphatic rings. The van der Waals surface area contributed by atoms with Crippen LogP contribution < -0.4 is 9.64 Å². The van der Waals surface area contributed by atoms with Crippen molar-refractivity contribution in [2.75, 3.05) is 12.0 Å². The Kier molecular flexibility index (Phi) is 5.08. The number of Topliss-reactive ketones (excluding diaryl/α,β-unsaturated/α-hetero) is 1. The highest BCUT2D eigenvalue weighted by molar-refractivity contribution is 7.14. The van der Waals surface area contributed by atoms with E-state index in [-0.39, 0.29) is 11.3 Å². The van der Waals surface area contributed by atoms with Crippen LogP contribution in [0.3, 0.4) is 0 Å². The zero-order valence-electron chi connectivity index (χ0n) is 15.2. The van der Waals surface area contributed by atoms with Crippen molar-refractivity contribution in [3.8, 4) is 5.75 Å². The third-order valence-electron chi connectivity index (χ3n) is 4.62. The van der Waals surface area contributed by atoms with Crippen molar-refractivity contribution in [3.05, 3.63) is 81.8 Å². The van der Waals surface area contributed by atoms with Crippen LogP contribution in [0.5, 0.6) is 5.75 Å². The number of aromatic nitrogens is 1. The number of thiazole rings is 1. The standard InChI is InChI=1S/C21H15ClN2O4S/c1-28-15-5-3-2-4-14(15)18(25)16-17(12-6-8-13(22)9-7-12)24(20(27)19(16)26)21-23-10-11-29-21/h2-11,17,25H,1H3/t17-/m1/s1. The van der Waals surface area contributed by atoms with Crippen LogP contribution in [0, 0.1) is 0 Å². The summed E-state index contributed by atoms with van der Waals surface area (Å²) in [6.07, 6.45) is 1.55. The largest absolute Gasteiger partial charge is 0.507 e. The summed E-state index contributed by atoms with van der Waals surface area (Å²) in [5, 5.41) is 13.7. The minimum atomic E-state index is -0.844. The van der Waals surface area contributed by atoms with Gasteiger partial charge in [-0.25, -0.2) is 4.98 Å². The first-order valence-corrected chi connectivity index (χ1v) is 9.88. The number of benzene rings is 2. The van der Waals surface area contributed by atoms with Crippen molar-refractivity contribution in [1.82, 2.24) is 4.98 Å². The molecule has 2 aromatic carbocycles. The highest BCUT2D eigenvalue weighted by Gasteiger charge is 2.48. The molecule has 4 rings (SSSR count). The van der Waals surface area contributed by atoms with E-state index in [1.165, 1.54) is 23.3 Å². The van der Waals surface area contributed by atoms with E-state index in [2.05, 4.69) is 4.98 Å². The minimum Gasteiger partial charge on any atom is -0.507 e. The molecule has 1 atom stereocenters. The van der Waals surface area contributed by atoms with Crippen molar-refractivity contribution >= 4 is 45.5 Å². The van der Waals surface area contributed by atoms with Crippen LogP contribution in [0.15, 0.2) is 65.7 Å². The van der Waals surface area contributed by atoms with E-state index in [4.69, 9.17) is 16.3 Å². The zero-order valence-corrected chi connectivity index (χ0v) is 16.8. The lowest BCUT2D eigenvalue weighted by Crippen LogP contribution is -2.29. The van der Waals surface area contributed by atoms with Crippen molar-refractivity contribution in [2.24, 2.45) is 0 Å². The SMILES string of the molecule is COc1ccccc1C(O)=C1C(=O)C(=O)N(c2nccs2)[C@@H]1c1ccc(Cl)cc1. The van der Waals surface area contributed by atoms with Gasteiger partial charge >= 0.3 is 5.91 Å². The molecule has 6 nitrogen and oxygen atoms in total. The molecule has 0 aliphatic carbocycles. The molecule has 2 heterocycles. The molecule has 146 valence electrons. The van der Waals surface area contributed by atoms with Gasteiger partial charge in [0.15, 0.2) is 5.13 Å². The summed E-state index contributed by atoms with van der Waals surface area (Å²) in [4.78, 5) is 31.4. The summed E-state index contributed by atoms with van der Waals surface area (Å²) in [7, 11) is 1.47. The highest BCUT2D eigenvalue weighted by Crippen LogP contribution is 2.43. The summed E-state index contributed by atoms with van der Waals surface area (Å²) >= 11 is 7.24. The van der Waals surface area contributed by atoms with Gasteiger partial charge in [0.1, 0.15) is 11.5 Å². The highest BCUT2D eigenvalue weighted by atomic mass is 35.5. The molecule has 0 bridgehead atoms. The second-order valence-corrected chi connectivity index (χ2v) is 7.55. The Morgan fingerprint density at radius 1 is 1.17 bits per heavy atom. The van der Waals surface area contributed by atoms with Crippen molar-refractivity contribution in [1.29, 1.82) is 0 Å². The van der Waals surface area contributed by atoms with Gasteiger partial charge in [-0.2, -0.15) is 0 Å². The Labute approximate surface area is 175 Å². The first-order valence-electron chi connectivity index (χ1n) is 8.62. The van der Waals surface area contributed by atoms with E-state index in [0.29, 0.717) is 27.0 Å². The van der Waals surface area contributed by atoms with Gasteiger partial charge in [0, 0.05) is 16.6 Å². The van der Waals surface area contributed by atoms with E-state index in [0.717, 1.165) is 0 Å². The molecule has 1 fully saturated rings. The van der Waals surface area contributed by atoms with Gasteiger partial charge in [-0.15, -0.1) is 11.3 Å². The number of hydrogen-bond acceptors (Lipinski definition) is 6. The molecule has 8 heteroatoms. The quantitative estimate of drug-likeness (QED) is 0.379. The molecule has 0 spiro atoms. The van der Waals surface area contributed by atoms with Crippen LogP contribution in [-0.2, 0) is 9.59 Å². The number of aliphatic hydroxyl groups is 1. The molecule has 3 aromatic rings. The monoisotopic (exact) mass is 426 g/mol. The van der Waals surface area contributed by atoms with Gasteiger partial charge in [-0.05, 0) is 29.8 Å². The lowest BCUT2D eigenvalue weighted by Gasteiger charge is -2.23. The number of amides is 1. The molecule has 0 saturated carbocycles. The third kappa shape index (κ3) is 3.28. The van der Waals surface area contributed by atoms with E-state index < -0.39 is 17.7 Å². The van der Waals surface area contributed by atoms with E-state index in [1.807, 2.05) is 0 Å². The number of halogens is 1. The number of hydrogen-bond donors (Lipinski definition) is 1.